The van der Waals surface area contributed by atoms with E-state index in [4.69, 9.17) is 26.1 Å². The van der Waals surface area contributed by atoms with Gasteiger partial charge in [0.25, 0.3) is 5.56 Å². The Morgan fingerprint density at radius 1 is 1.14 bits per heavy atom. The molecule has 0 aliphatic carbocycles. The molecule has 2 fully saturated rings. The smallest absolute Gasteiger partial charge is 0.415 e. The second-order valence-electron chi connectivity index (χ2n) is 11.7. The number of fused-ring (bicyclic) bond motifs is 5. The molecule has 2 saturated heterocycles. The van der Waals surface area contributed by atoms with Gasteiger partial charge in [0.1, 0.15) is 12.4 Å². The Hall–Kier alpha value is -3.47. The van der Waals surface area contributed by atoms with Gasteiger partial charge in [0.2, 0.25) is 0 Å². The van der Waals surface area contributed by atoms with Crippen LogP contribution < -0.4 is 10.3 Å². The van der Waals surface area contributed by atoms with Crippen molar-refractivity contribution in [2.45, 2.75) is 70.2 Å². The van der Waals surface area contributed by atoms with Crippen molar-refractivity contribution in [1.29, 1.82) is 0 Å². The van der Waals surface area contributed by atoms with Gasteiger partial charge < -0.3 is 28.9 Å². The molecule has 1 aromatic carbocycles. The molecular formula is C31H33ClN4O6. The van der Waals surface area contributed by atoms with Gasteiger partial charge in [-0.25, -0.2) is 14.6 Å². The van der Waals surface area contributed by atoms with Crippen molar-refractivity contribution >= 4 is 34.6 Å². The van der Waals surface area contributed by atoms with E-state index in [1.807, 2.05) is 6.07 Å². The Morgan fingerprint density at radius 2 is 1.90 bits per heavy atom. The standard InChI is InChI=1S/C31H33ClN4O6/c1-2-31(40)22-15-24-26-18(16-36(24)28(37)21(22)17-41-29(31)38)14-20-25(7-6-23(32)27(20)33-26)42-30(39)35-12-8-19(9-13-35)34-10-4-3-5-11-34/h6-7,14-15,19,40H,2-5,8-13,16-17H2,1H3/t31-/m0/s1. The molecule has 7 rings (SSSR count). The molecule has 10 nitrogen and oxygen atoms in total. The van der Waals surface area contributed by atoms with Crippen molar-refractivity contribution in [3.63, 3.8) is 0 Å². The summed E-state index contributed by atoms with van der Waals surface area (Å²) in [5.74, 6) is -0.411. The topological polar surface area (TPSA) is 114 Å². The number of halogens is 1. The first-order valence-electron chi connectivity index (χ1n) is 14.8. The number of carbonyl (C=O) groups excluding carboxylic acids is 2. The number of carbonyl (C=O) groups is 2. The molecule has 4 aliphatic rings. The Morgan fingerprint density at radius 3 is 2.64 bits per heavy atom. The number of hydrogen-bond acceptors (Lipinski definition) is 8. The fraction of sp³-hybridized carbons (Fsp3) is 0.484. The van der Waals surface area contributed by atoms with Crippen molar-refractivity contribution < 1.29 is 24.2 Å². The maximum Gasteiger partial charge on any atom is 0.415 e. The largest absolute Gasteiger partial charge is 0.458 e. The number of benzene rings is 1. The molecule has 11 heteroatoms. The minimum absolute atomic E-state index is 0.0657. The number of pyridine rings is 2. The molecule has 2 aromatic heterocycles. The fourth-order valence-electron chi connectivity index (χ4n) is 6.95. The highest BCUT2D eigenvalue weighted by atomic mass is 35.5. The van der Waals surface area contributed by atoms with Crippen LogP contribution in [-0.4, -0.2) is 68.7 Å². The lowest BCUT2D eigenvalue weighted by Crippen LogP contribution is -2.48. The van der Waals surface area contributed by atoms with Crippen molar-refractivity contribution in [3.8, 4) is 17.1 Å². The Labute approximate surface area is 247 Å². The van der Waals surface area contributed by atoms with E-state index < -0.39 is 17.7 Å². The summed E-state index contributed by atoms with van der Waals surface area (Å²) in [5.41, 5.74) is 0.488. The number of hydrogen-bond donors (Lipinski definition) is 1. The number of amides is 1. The summed E-state index contributed by atoms with van der Waals surface area (Å²) >= 11 is 6.58. The zero-order valence-corrected chi connectivity index (χ0v) is 24.3. The fourth-order valence-corrected chi connectivity index (χ4v) is 7.16. The molecule has 0 radical (unpaired) electrons. The predicted molar refractivity (Wildman–Crippen MR) is 156 cm³/mol. The van der Waals surface area contributed by atoms with E-state index in [2.05, 4.69) is 4.90 Å². The summed E-state index contributed by atoms with van der Waals surface area (Å²) in [4.78, 5) is 48.3. The number of nitrogens with zero attached hydrogens (tertiary/aromatic N) is 4. The molecule has 220 valence electrons. The minimum Gasteiger partial charge on any atom is -0.458 e. The van der Waals surface area contributed by atoms with Crippen molar-refractivity contribution in [1.82, 2.24) is 19.4 Å². The third-order valence-corrected chi connectivity index (χ3v) is 9.72. The van der Waals surface area contributed by atoms with Gasteiger partial charge in [0, 0.05) is 35.6 Å². The number of rotatable bonds is 3. The summed E-state index contributed by atoms with van der Waals surface area (Å²) < 4.78 is 12.6. The molecule has 42 heavy (non-hydrogen) atoms. The maximum atomic E-state index is 13.5. The van der Waals surface area contributed by atoms with Crippen LogP contribution in [0.25, 0.3) is 22.3 Å². The number of piperidine rings is 2. The lowest BCUT2D eigenvalue weighted by molar-refractivity contribution is -0.172. The van der Waals surface area contributed by atoms with E-state index in [1.54, 1.807) is 34.6 Å². The lowest BCUT2D eigenvalue weighted by atomic mass is 9.86. The first kappa shape index (κ1) is 27.4. The van der Waals surface area contributed by atoms with Crippen molar-refractivity contribution in [2.24, 2.45) is 0 Å². The van der Waals surface area contributed by atoms with Crippen LogP contribution in [0.3, 0.4) is 0 Å². The first-order chi connectivity index (χ1) is 20.3. The van der Waals surface area contributed by atoms with E-state index in [-0.39, 0.29) is 36.3 Å². The first-order valence-corrected chi connectivity index (χ1v) is 15.2. The normalized spacial score (nSPS) is 22.5. The van der Waals surface area contributed by atoms with Gasteiger partial charge in [0.15, 0.2) is 5.60 Å². The molecule has 0 spiro atoms. The molecular weight excluding hydrogens is 560 g/mol. The van der Waals surface area contributed by atoms with E-state index in [1.165, 1.54) is 19.3 Å². The van der Waals surface area contributed by atoms with Crippen molar-refractivity contribution in [3.05, 3.63) is 56.3 Å². The summed E-state index contributed by atoms with van der Waals surface area (Å²) in [7, 11) is 0. The number of aliphatic hydroxyl groups is 1. The highest BCUT2D eigenvalue weighted by Gasteiger charge is 2.45. The van der Waals surface area contributed by atoms with Gasteiger partial charge in [-0.05, 0) is 69.5 Å². The Balaban J connectivity index is 1.18. The molecule has 3 aromatic rings. The van der Waals surface area contributed by atoms with E-state index >= 15 is 0 Å². The lowest BCUT2D eigenvalue weighted by Gasteiger charge is -2.39. The number of cyclic esters (lactones) is 1. The van der Waals surface area contributed by atoms with Gasteiger partial charge in [-0.2, -0.15) is 0 Å². The molecule has 1 amide bonds. The molecule has 4 aliphatic heterocycles. The summed E-state index contributed by atoms with van der Waals surface area (Å²) in [6.07, 6.45) is 5.35. The van der Waals surface area contributed by atoms with E-state index in [0.717, 1.165) is 31.5 Å². The van der Waals surface area contributed by atoms with Crippen LogP contribution in [0.2, 0.25) is 5.02 Å². The SMILES string of the molecule is CC[C@@]1(O)C(=O)OCc2c1cc1n(c2=O)Cc2cc3c(OC(=O)N4CCC(N5CCCCC5)CC4)ccc(Cl)c3nc2-1. The van der Waals surface area contributed by atoms with Crippen LogP contribution in [0.4, 0.5) is 4.79 Å². The molecule has 1 N–H and O–H groups in total. The average Bonchev–Trinajstić information content (AvgIpc) is 3.38. The number of esters is 1. The second kappa shape index (κ2) is 10.4. The second-order valence-corrected chi connectivity index (χ2v) is 12.1. The van der Waals surface area contributed by atoms with Crippen LogP contribution in [0.1, 0.15) is 62.1 Å². The summed E-state index contributed by atoms with van der Waals surface area (Å²) in [6.45, 7) is 5.31. The summed E-state index contributed by atoms with van der Waals surface area (Å²) in [5, 5.41) is 12.1. The summed E-state index contributed by atoms with van der Waals surface area (Å²) in [6, 6.07) is 7.36. The Kier molecular flexibility index (Phi) is 6.75. The van der Waals surface area contributed by atoms with Gasteiger partial charge in [-0.1, -0.05) is 24.9 Å². The van der Waals surface area contributed by atoms with Crippen LogP contribution in [-0.2, 0) is 28.3 Å². The molecule has 0 bridgehead atoms. The highest BCUT2D eigenvalue weighted by Crippen LogP contribution is 2.41. The highest BCUT2D eigenvalue weighted by molar-refractivity contribution is 6.35. The van der Waals surface area contributed by atoms with E-state index in [9.17, 15) is 19.5 Å². The van der Waals surface area contributed by atoms with Crippen LogP contribution in [0.15, 0.2) is 29.1 Å². The van der Waals surface area contributed by atoms with Gasteiger partial charge in [0.05, 0.1) is 34.0 Å². The number of aromatic nitrogens is 2. The number of likely N-dealkylation sites (tertiary alicyclic amines) is 2. The number of ether oxygens (including phenoxy) is 2. The predicted octanol–water partition coefficient (Wildman–Crippen LogP) is 4.18. The third kappa shape index (κ3) is 4.30. The van der Waals surface area contributed by atoms with Crippen LogP contribution >= 0.6 is 11.6 Å². The van der Waals surface area contributed by atoms with Crippen LogP contribution in [0, 0.1) is 0 Å². The zero-order valence-electron chi connectivity index (χ0n) is 23.5. The Bertz CT molecular complexity index is 1670. The quantitative estimate of drug-likeness (QED) is 0.352. The third-order valence-electron chi connectivity index (χ3n) is 9.42. The molecule has 0 unspecified atom stereocenters. The van der Waals surface area contributed by atoms with Crippen LogP contribution in [0.5, 0.6) is 5.75 Å². The van der Waals surface area contributed by atoms with Gasteiger partial charge in [-0.15, -0.1) is 0 Å². The van der Waals surface area contributed by atoms with Gasteiger partial charge >= 0.3 is 12.1 Å². The molecule has 0 saturated carbocycles. The monoisotopic (exact) mass is 592 g/mol. The van der Waals surface area contributed by atoms with Crippen molar-refractivity contribution in [2.75, 3.05) is 26.2 Å². The average molecular weight is 593 g/mol. The maximum absolute atomic E-state index is 13.5. The molecule has 6 heterocycles. The van der Waals surface area contributed by atoms with Gasteiger partial charge in [-0.3, -0.25) is 4.79 Å². The molecule has 1 atom stereocenters. The minimum atomic E-state index is -1.90. The zero-order chi connectivity index (χ0) is 29.2. The van der Waals surface area contributed by atoms with E-state index in [0.29, 0.717) is 52.2 Å².